The van der Waals surface area contributed by atoms with Crippen LogP contribution in [0, 0.1) is 18.4 Å². The molecule has 6 heteroatoms. The maximum absolute atomic E-state index is 8.58. The Labute approximate surface area is 103 Å². The number of nitrogens with one attached hydrogen (secondary N) is 2. The molecule has 2 aromatic rings. The quantitative estimate of drug-likeness (QED) is 0.350. The van der Waals surface area contributed by atoms with Gasteiger partial charge in [0.25, 0.3) is 0 Å². The molecule has 0 atom stereocenters. The van der Waals surface area contributed by atoms with Crippen LogP contribution in [0.2, 0.25) is 0 Å². The van der Waals surface area contributed by atoms with E-state index in [0.29, 0.717) is 5.17 Å². The third-order valence-electron chi connectivity index (χ3n) is 2.33. The van der Waals surface area contributed by atoms with Crippen molar-refractivity contribution in [1.82, 2.24) is 15.5 Å². The lowest BCUT2D eigenvalue weighted by atomic mass is 10.1. The Bertz CT molecular complexity index is 608. The minimum Gasteiger partial charge on any atom is -0.278 e. The normalized spacial score (nSPS) is 11.5. The van der Waals surface area contributed by atoms with Crippen LogP contribution in [0.1, 0.15) is 5.56 Å². The first kappa shape index (κ1) is 11.5. The van der Waals surface area contributed by atoms with E-state index in [1.54, 1.807) is 6.20 Å². The zero-order chi connectivity index (χ0) is 12.3. The second-order valence-corrected chi connectivity index (χ2v) is 4.25. The van der Waals surface area contributed by atoms with E-state index in [9.17, 15) is 0 Å². The van der Waals surface area contributed by atoms with E-state index in [1.165, 1.54) is 11.8 Å². The molecule has 5 nitrogen and oxygen atoms in total. The highest BCUT2D eigenvalue weighted by atomic mass is 32.2. The summed E-state index contributed by atoms with van der Waals surface area (Å²) in [6.07, 6.45) is 5.49. The summed E-state index contributed by atoms with van der Waals surface area (Å²) in [6, 6.07) is 3.94. The van der Waals surface area contributed by atoms with Crippen LogP contribution in [-0.4, -0.2) is 21.6 Å². The van der Waals surface area contributed by atoms with Gasteiger partial charge in [0.1, 0.15) is 0 Å². The average Bonchev–Trinajstić information content (AvgIpc) is 2.75. The molecule has 0 unspecified atom stereocenters. The van der Waals surface area contributed by atoms with Gasteiger partial charge in [-0.3, -0.25) is 10.4 Å². The van der Waals surface area contributed by atoms with Gasteiger partial charge in [0.05, 0.1) is 17.4 Å². The first-order valence-electron chi connectivity index (χ1n) is 4.96. The van der Waals surface area contributed by atoms with Crippen LogP contribution in [0.4, 0.5) is 5.69 Å². The maximum Gasteiger partial charge on any atom is 0.183 e. The molecule has 2 N–H and O–H groups in total. The van der Waals surface area contributed by atoms with Gasteiger partial charge in [-0.05, 0) is 30.9 Å². The van der Waals surface area contributed by atoms with Crippen LogP contribution in [0.15, 0.2) is 23.3 Å². The number of H-pyrrole nitrogens is 1. The Balaban J connectivity index is 2.47. The Kier molecular flexibility index (Phi) is 3.30. The van der Waals surface area contributed by atoms with Crippen molar-refractivity contribution < 1.29 is 0 Å². The molecular weight excluding hydrogens is 234 g/mol. The highest BCUT2D eigenvalue weighted by Gasteiger charge is 2.03. The third kappa shape index (κ3) is 2.40. The van der Waals surface area contributed by atoms with E-state index in [1.807, 2.05) is 31.5 Å². The van der Waals surface area contributed by atoms with Crippen LogP contribution in [0.5, 0.6) is 0 Å². The zero-order valence-corrected chi connectivity index (χ0v) is 10.3. The van der Waals surface area contributed by atoms with Crippen molar-refractivity contribution in [3.8, 4) is 6.19 Å². The number of aryl methyl sites for hydroxylation is 1. The van der Waals surface area contributed by atoms with Gasteiger partial charge in [0, 0.05) is 5.39 Å². The van der Waals surface area contributed by atoms with E-state index >= 15 is 0 Å². The SMILES string of the molecule is CSC(=Nc1cc2cn[nH]c2cc1C)NC#N. The van der Waals surface area contributed by atoms with Gasteiger partial charge >= 0.3 is 0 Å². The Morgan fingerprint density at radius 2 is 2.41 bits per heavy atom. The first-order chi connectivity index (χ1) is 8.24. The fourth-order valence-electron chi connectivity index (χ4n) is 1.49. The second-order valence-electron chi connectivity index (χ2n) is 3.45. The molecule has 86 valence electrons. The van der Waals surface area contributed by atoms with Crippen molar-refractivity contribution in [1.29, 1.82) is 5.26 Å². The molecule has 0 aliphatic carbocycles. The molecule has 0 radical (unpaired) electrons. The molecule has 0 fully saturated rings. The summed E-state index contributed by atoms with van der Waals surface area (Å²) < 4.78 is 0. The number of thioether (sulfide) groups is 1. The number of rotatable bonds is 1. The van der Waals surface area contributed by atoms with Gasteiger partial charge in [-0.15, -0.1) is 0 Å². The second kappa shape index (κ2) is 4.89. The van der Waals surface area contributed by atoms with Crippen LogP contribution in [0.25, 0.3) is 10.9 Å². The monoisotopic (exact) mass is 245 g/mol. The van der Waals surface area contributed by atoms with Crippen molar-refractivity contribution in [3.05, 3.63) is 23.9 Å². The number of fused-ring (bicyclic) bond motifs is 1. The topological polar surface area (TPSA) is 76.9 Å². The Morgan fingerprint density at radius 3 is 3.12 bits per heavy atom. The zero-order valence-electron chi connectivity index (χ0n) is 9.48. The molecular formula is C11H11N5S. The Morgan fingerprint density at radius 1 is 1.59 bits per heavy atom. The summed E-state index contributed by atoms with van der Waals surface area (Å²) in [4.78, 5) is 4.40. The lowest BCUT2D eigenvalue weighted by molar-refractivity contribution is 1.12. The van der Waals surface area contributed by atoms with Crippen LogP contribution < -0.4 is 5.32 Å². The number of aliphatic imine (C=N–C) groups is 1. The number of hydrogen-bond donors (Lipinski definition) is 2. The van der Waals surface area contributed by atoms with Crippen molar-refractivity contribution in [2.45, 2.75) is 6.92 Å². The summed E-state index contributed by atoms with van der Waals surface area (Å²) in [5.41, 5.74) is 2.86. The fourth-order valence-corrected chi connectivity index (χ4v) is 1.83. The molecule has 0 saturated heterocycles. The number of benzene rings is 1. The average molecular weight is 245 g/mol. The first-order valence-corrected chi connectivity index (χ1v) is 6.18. The van der Waals surface area contributed by atoms with Gasteiger partial charge in [0.2, 0.25) is 0 Å². The smallest absolute Gasteiger partial charge is 0.183 e. The van der Waals surface area contributed by atoms with E-state index < -0.39 is 0 Å². The molecule has 1 aromatic carbocycles. The summed E-state index contributed by atoms with van der Waals surface area (Å²) in [7, 11) is 0. The molecule has 17 heavy (non-hydrogen) atoms. The fraction of sp³-hybridized carbons (Fsp3) is 0.182. The predicted octanol–water partition coefficient (Wildman–Crippen LogP) is 2.29. The molecule has 2 rings (SSSR count). The number of amidine groups is 1. The number of nitrogens with zero attached hydrogens (tertiary/aromatic N) is 3. The van der Waals surface area contributed by atoms with Crippen molar-refractivity contribution in [2.24, 2.45) is 4.99 Å². The molecule has 1 heterocycles. The van der Waals surface area contributed by atoms with Crippen molar-refractivity contribution >= 4 is 33.5 Å². The largest absolute Gasteiger partial charge is 0.278 e. The summed E-state index contributed by atoms with van der Waals surface area (Å²) >= 11 is 1.40. The predicted molar refractivity (Wildman–Crippen MR) is 70.2 cm³/mol. The molecule has 0 aliphatic rings. The van der Waals surface area contributed by atoms with E-state index in [2.05, 4.69) is 20.5 Å². The van der Waals surface area contributed by atoms with Crippen LogP contribution in [-0.2, 0) is 0 Å². The van der Waals surface area contributed by atoms with Gasteiger partial charge in [-0.2, -0.15) is 10.4 Å². The maximum atomic E-state index is 8.58. The van der Waals surface area contributed by atoms with Crippen molar-refractivity contribution in [2.75, 3.05) is 6.26 Å². The Hall–Kier alpha value is -2.00. The minimum absolute atomic E-state index is 0.582. The number of aromatic nitrogens is 2. The highest BCUT2D eigenvalue weighted by Crippen LogP contribution is 2.25. The number of aromatic amines is 1. The molecule has 0 amide bonds. The van der Waals surface area contributed by atoms with Gasteiger partial charge in [-0.1, -0.05) is 11.8 Å². The lowest BCUT2D eigenvalue weighted by Crippen LogP contribution is -2.12. The lowest BCUT2D eigenvalue weighted by Gasteiger charge is -2.03. The molecule has 0 bridgehead atoms. The van der Waals surface area contributed by atoms with E-state index in [0.717, 1.165) is 22.2 Å². The standard InChI is InChI=1S/C11H11N5S/c1-7-3-10-8(5-14-16-10)4-9(7)15-11(17-2)13-6-12/h3-5H,1-2H3,(H,13,15)(H,14,16). The van der Waals surface area contributed by atoms with Gasteiger partial charge in [-0.25, -0.2) is 4.99 Å². The highest BCUT2D eigenvalue weighted by molar-refractivity contribution is 8.13. The van der Waals surface area contributed by atoms with Crippen LogP contribution in [0.3, 0.4) is 0 Å². The summed E-state index contributed by atoms with van der Waals surface area (Å²) in [5, 5.41) is 19.6. The third-order valence-corrected chi connectivity index (χ3v) is 2.91. The minimum atomic E-state index is 0.582. The van der Waals surface area contributed by atoms with Gasteiger partial charge < -0.3 is 0 Å². The molecule has 0 saturated carbocycles. The van der Waals surface area contributed by atoms with Gasteiger partial charge in [0.15, 0.2) is 11.4 Å². The molecule has 1 aromatic heterocycles. The number of nitriles is 1. The van der Waals surface area contributed by atoms with E-state index in [-0.39, 0.29) is 0 Å². The molecule has 0 spiro atoms. The molecule has 0 aliphatic heterocycles. The van der Waals surface area contributed by atoms with Crippen molar-refractivity contribution in [3.63, 3.8) is 0 Å². The van der Waals surface area contributed by atoms with E-state index in [4.69, 9.17) is 5.26 Å². The number of hydrogen-bond acceptors (Lipinski definition) is 4. The summed E-state index contributed by atoms with van der Waals surface area (Å²) in [5.74, 6) is 0. The van der Waals surface area contributed by atoms with Crippen LogP contribution >= 0.6 is 11.8 Å². The summed E-state index contributed by atoms with van der Waals surface area (Å²) in [6.45, 7) is 1.98.